The first-order valence-corrected chi connectivity index (χ1v) is 13.2. The molecule has 1 aliphatic heterocycles. The fraction of sp³-hybridized carbons (Fsp3) is 0.500. The highest BCUT2D eigenvalue weighted by atomic mass is 16.2. The Hall–Kier alpha value is -2.63. The molecule has 5 nitrogen and oxygen atoms in total. The third-order valence-corrected chi connectivity index (χ3v) is 6.96. The monoisotopic (exact) mass is 476 g/mol. The molecule has 0 unspecified atom stereocenters. The second kappa shape index (κ2) is 13.5. The van der Waals surface area contributed by atoms with Gasteiger partial charge in [-0.1, -0.05) is 49.4 Å². The molecule has 3 rings (SSSR count). The van der Waals surface area contributed by atoms with Gasteiger partial charge in [0.05, 0.1) is 0 Å². The van der Waals surface area contributed by atoms with E-state index < -0.39 is 0 Å². The van der Waals surface area contributed by atoms with E-state index in [-0.39, 0.29) is 5.91 Å². The Bertz CT molecular complexity index is 1090. The molecule has 0 atom stereocenters. The number of carbonyl (C=O) groups is 1. The van der Waals surface area contributed by atoms with E-state index in [9.17, 15) is 4.79 Å². The summed E-state index contributed by atoms with van der Waals surface area (Å²) in [6.45, 7) is 13.0. The first kappa shape index (κ1) is 27.0. The quantitative estimate of drug-likeness (QED) is 0.494. The molecule has 0 spiro atoms. The molecular weight excluding hydrogens is 432 g/mol. The molecule has 0 aliphatic carbocycles. The van der Waals surface area contributed by atoms with E-state index >= 15 is 0 Å². The minimum absolute atomic E-state index is 0.122. The molecular formula is C30H44N4O. The average Bonchev–Trinajstić information content (AvgIpc) is 3.11. The number of hydrogen-bond acceptors (Lipinski definition) is 3. The summed E-state index contributed by atoms with van der Waals surface area (Å²) in [6, 6.07) is 10.6. The minimum Gasteiger partial charge on any atom is -0.344 e. The standard InChI is InChI=1S/C30H44N4O/c1-6-12-28-27(25(3)34(29(28)7-2)19-11-18-31(4)5)15-16-30(35)33-23-21-32(22-24-33)20-17-26-13-9-8-10-14-26/h7-10,12-16H,6,11,17-24H2,1-5H3/b16-15+,28-12-,29-7+. The number of hydrogen-bond donors (Lipinski definition) is 0. The molecule has 5 heteroatoms. The van der Waals surface area contributed by atoms with Gasteiger partial charge in [0.2, 0.25) is 5.91 Å². The first-order valence-electron chi connectivity index (χ1n) is 13.2. The molecule has 0 bridgehead atoms. The predicted molar refractivity (Wildman–Crippen MR) is 149 cm³/mol. The van der Waals surface area contributed by atoms with Crippen LogP contribution in [0.4, 0.5) is 0 Å². The molecule has 1 amide bonds. The van der Waals surface area contributed by atoms with Crippen LogP contribution in [0.15, 0.2) is 36.4 Å². The summed E-state index contributed by atoms with van der Waals surface area (Å²) in [5.41, 5.74) is 3.80. The van der Waals surface area contributed by atoms with Crippen LogP contribution in [-0.2, 0) is 17.8 Å². The van der Waals surface area contributed by atoms with Crippen molar-refractivity contribution in [3.8, 4) is 0 Å². The number of aromatic nitrogens is 1. The van der Waals surface area contributed by atoms with Gasteiger partial charge in [0.1, 0.15) is 0 Å². The fourth-order valence-electron chi connectivity index (χ4n) is 4.96. The number of amides is 1. The maximum Gasteiger partial charge on any atom is 0.246 e. The van der Waals surface area contributed by atoms with Crippen LogP contribution < -0.4 is 10.6 Å². The molecule has 2 heterocycles. The first-order chi connectivity index (χ1) is 16.9. The van der Waals surface area contributed by atoms with Crippen LogP contribution in [-0.4, -0.2) is 78.5 Å². The van der Waals surface area contributed by atoms with Gasteiger partial charge in [0, 0.05) is 67.2 Å². The number of piperazine rings is 1. The van der Waals surface area contributed by atoms with Crippen LogP contribution in [0.25, 0.3) is 18.2 Å². The second-order valence-corrected chi connectivity index (χ2v) is 9.74. The SMILES string of the molecule is C/C=c1\c(=C/CC)c(/C=C/C(=O)N2CCN(CCc3ccccc3)CC2)c(C)n1CCCN(C)C. The summed E-state index contributed by atoms with van der Waals surface area (Å²) in [7, 11) is 4.24. The Kier molecular flexibility index (Phi) is 10.4. The van der Waals surface area contributed by atoms with Gasteiger partial charge < -0.3 is 14.4 Å². The summed E-state index contributed by atoms with van der Waals surface area (Å²) < 4.78 is 2.42. The van der Waals surface area contributed by atoms with Gasteiger partial charge in [0.15, 0.2) is 0 Å². The third-order valence-electron chi connectivity index (χ3n) is 6.96. The summed E-state index contributed by atoms with van der Waals surface area (Å²) in [4.78, 5) is 19.7. The molecule has 1 fully saturated rings. The van der Waals surface area contributed by atoms with Gasteiger partial charge in [0.25, 0.3) is 0 Å². The van der Waals surface area contributed by atoms with E-state index in [0.29, 0.717) is 0 Å². The normalized spacial score (nSPS) is 16.2. The topological polar surface area (TPSA) is 31.7 Å². The van der Waals surface area contributed by atoms with Gasteiger partial charge in [-0.15, -0.1) is 0 Å². The number of nitrogens with zero attached hydrogens (tertiary/aromatic N) is 4. The van der Waals surface area contributed by atoms with E-state index in [1.54, 1.807) is 6.08 Å². The number of benzene rings is 1. The highest BCUT2D eigenvalue weighted by molar-refractivity contribution is 5.92. The van der Waals surface area contributed by atoms with Crippen LogP contribution >= 0.6 is 0 Å². The molecule has 0 radical (unpaired) electrons. The molecule has 2 aromatic rings. The van der Waals surface area contributed by atoms with Crippen molar-refractivity contribution in [2.24, 2.45) is 0 Å². The molecule has 1 aromatic carbocycles. The van der Waals surface area contributed by atoms with Gasteiger partial charge in [-0.25, -0.2) is 0 Å². The van der Waals surface area contributed by atoms with Gasteiger partial charge in [-0.3, -0.25) is 9.69 Å². The lowest BCUT2D eigenvalue weighted by molar-refractivity contribution is -0.127. The summed E-state index contributed by atoms with van der Waals surface area (Å²) >= 11 is 0. The molecule has 190 valence electrons. The van der Waals surface area contributed by atoms with Gasteiger partial charge in [-0.05, 0) is 65.4 Å². The zero-order valence-corrected chi connectivity index (χ0v) is 22.5. The van der Waals surface area contributed by atoms with Crippen molar-refractivity contribution in [1.82, 2.24) is 19.3 Å². The third kappa shape index (κ3) is 7.42. The van der Waals surface area contributed by atoms with Gasteiger partial charge >= 0.3 is 0 Å². The molecule has 1 aliphatic rings. The minimum atomic E-state index is 0.122. The van der Waals surface area contributed by atoms with Crippen molar-refractivity contribution in [2.75, 3.05) is 53.4 Å². The summed E-state index contributed by atoms with van der Waals surface area (Å²) in [5.74, 6) is 0.122. The molecule has 0 saturated carbocycles. The van der Waals surface area contributed by atoms with Crippen molar-refractivity contribution in [3.63, 3.8) is 0 Å². The van der Waals surface area contributed by atoms with Crippen LogP contribution in [0.3, 0.4) is 0 Å². The lowest BCUT2D eigenvalue weighted by Crippen LogP contribution is -2.48. The second-order valence-electron chi connectivity index (χ2n) is 9.74. The number of rotatable bonds is 10. The van der Waals surface area contributed by atoms with Crippen LogP contribution in [0.5, 0.6) is 0 Å². The van der Waals surface area contributed by atoms with Crippen LogP contribution in [0.2, 0.25) is 0 Å². The van der Waals surface area contributed by atoms with Crippen LogP contribution in [0, 0.1) is 6.92 Å². The van der Waals surface area contributed by atoms with E-state index in [1.165, 1.54) is 27.4 Å². The highest BCUT2D eigenvalue weighted by Crippen LogP contribution is 2.09. The van der Waals surface area contributed by atoms with Crippen molar-refractivity contribution >= 4 is 24.1 Å². The van der Waals surface area contributed by atoms with E-state index in [0.717, 1.165) is 65.1 Å². The Balaban J connectivity index is 1.65. The summed E-state index contributed by atoms with van der Waals surface area (Å²) in [6.07, 6.45) is 11.5. The Morgan fingerprint density at radius 1 is 1.06 bits per heavy atom. The van der Waals surface area contributed by atoms with Gasteiger partial charge in [-0.2, -0.15) is 0 Å². The zero-order valence-electron chi connectivity index (χ0n) is 22.5. The molecule has 1 saturated heterocycles. The Morgan fingerprint density at radius 3 is 2.40 bits per heavy atom. The van der Waals surface area contributed by atoms with E-state index in [4.69, 9.17) is 0 Å². The predicted octanol–water partition coefficient (Wildman–Crippen LogP) is 3.14. The van der Waals surface area contributed by atoms with Crippen molar-refractivity contribution < 1.29 is 4.79 Å². The van der Waals surface area contributed by atoms with E-state index in [2.05, 4.69) is 97.8 Å². The highest BCUT2D eigenvalue weighted by Gasteiger charge is 2.19. The van der Waals surface area contributed by atoms with Crippen molar-refractivity contribution in [1.29, 1.82) is 0 Å². The number of carbonyl (C=O) groups excluding carboxylic acids is 1. The largest absolute Gasteiger partial charge is 0.344 e. The lowest BCUT2D eigenvalue weighted by atomic mass is 10.1. The average molecular weight is 477 g/mol. The summed E-state index contributed by atoms with van der Waals surface area (Å²) in [5, 5.41) is 2.52. The molecule has 35 heavy (non-hydrogen) atoms. The Morgan fingerprint density at radius 2 is 1.77 bits per heavy atom. The fourth-order valence-corrected chi connectivity index (χ4v) is 4.96. The lowest BCUT2D eigenvalue weighted by Gasteiger charge is -2.34. The van der Waals surface area contributed by atoms with Crippen molar-refractivity contribution in [2.45, 2.75) is 46.6 Å². The van der Waals surface area contributed by atoms with E-state index in [1.807, 2.05) is 4.90 Å². The maximum absolute atomic E-state index is 13.0. The molecule has 1 aromatic heterocycles. The van der Waals surface area contributed by atoms with Crippen LogP contribution in [0.1, 0.15) is 43.5 Å². The zero-order chi connectivity index (χ0) is 25.2. The molecule has 0 N–H and O–H groups in total. The smallest absolute Gasteiger partial charge is 0.246 e. The van der Waals surface area contributed by atoms with Crippen molar-refractivity contribution in [3.05, 3.63) is 63.8 Å². The Labute approximate surface area is 212 Å². The maximum atomic E-state index is 13.0.